The number of nitrogens with one attached hydrogen (secondary N) is 1. The fourth-order valence-electron chi connectivity index (χ4n) is 1.32. The fraction of sp³-hybridized carbons (Fsp3) is 1.00. The van der Waals surface area contributed by atoms with Gasteiger partial charge in [0.1, 0.15) is 0 Å². The molecule has 1 N–H and O–H groups in total. The van der Waals surface area contributed by atoms with E-state index < -0.39 is 0 Å². The minimum atomic E-state index is 0.504. The quantitative estimate of drug-likeness (QED) is 0.655. The van der Waals surface area contributed by atoms with E-state index in [4.69, 9.17) is 0 Å². The van der Waals surface area contributed by atoms with Gasteiger partial charge in [-0.2, -0.15) is 0 Å². The van der Waals surface area contributed by atoms with E-state index in [0.717, 1.165) is 6.54 Å². The zero-order chi connectivity index (χ0) is 8.48. The van der Waals surface area contributed by atoms with Gasteiger partial charge in [0.25, 0.3) is 0 Å². The predicted molar refractivity (Wildman–Crippen MR) is 48.8 cm³/mol. The highest BCUT2D eigenvalue weighted by molar-refractivity contribution is 5.03. The maximum atomic E-state index is 3.49. The first-order valence-electron chi connectivity index (χ1n) is 4.48. The van der Waals surface area contributed by atoms with Gasteiger partial charge in [-0.1, -0.05) is 13.8 Å². The second-order valence-electron chi connectivity index (χ2n) is 4.15. The minimum absolute atomic E-state index is 0.504. The summed E-state index contributed by atoms with van der Waals surface area (Å²) in [7, 11) is 4.35. The van der Waals surface area contributed by atoms with Gasteiger partial charge in [-0.05, 0) is 26.9 Å². The van der Waals surface area contributed by atoms with E-state index in [0.29, 0.717) is 11.6 Å². The summed E-state index contributed by atoms with van der Waals surface area (Å²) in [5.41, 5.74) is 0.504. The number of hydrogen-bond acceptors (Lipinski definition) is 2. The van der Waals surface area contributed by atoms with Crippen LogP contribution in [-0.4, -0.2) is 37.1 Å². The number of hydrogen-bond donors (Lipinski definition) is 1. The predicted octanol–water partition coefficient (Wildman–Crippen LogP) is 1.08. The molecule has 2 nitrogen and oxygen atoms in total. The van der Waals surface area contributed by atoms with E-state index in [9.17, 15) is 0 Å². The Hall–Kier alpha value is -0.0800. The monoisotopic (exact) mass is 156 g/mol. The first-order valence-corrected chi connectivity index (χ1v) is 4.48. The maximum absolute atomic E-state index is 3.49. The van der Waals surface area contributed by atoms with Crippen molar-refractivity contribution in [3.63, 3.8) is 0 Å². The van der Waals surface area contributed by atoms with Gasteiger partial charge < -0.3 is 10.2 Å². The lowest BCUT2D eigenvalue weighted by Gasteiger charge is -2.25. The Labute approximate surface area is 70.0 Å². The van der Waals surface area contributed by atoms with Gasteiger partial charge in [0.05, 0.1) is 0 Å². The van der Waals surface area contributed by atoms with Crippen LogP contribution in [-0.2, 0) is 0 Å². The molecule has 1 aliphatic rings. The summed E-state index contributed by atoms with van der Waals surface area (Å²) in [6.45, 7) is 5.55. The Kier molecular flexibility index (Phi) is 2.55. The summed E-state index contributed by atoms with van der Waals surface area (Å²) in [5, 5.41) is 3.49. The summed E-state index contributed by atoms with van der Waals surface area (Å²) < 4.78 is 0. The topological polar surface area (TPSA) is 15.3 Å². The van der Waals surface area contributed by atoms with Crippen LogP contribution in [0.3, 0.4) is 0 Å². The second kappa shape index (κ2) is 3.11. The molecule has 2 heteroatoms. The fourth-order valence-corrected chi connectivity index (χ4v) is 1.32. The molecular formula is C9H20N2. The second-order valence-corrected chi connectivity index (χ2v) is 4.15. The van der Waals surface area contributed by atoms with Crippen LogP contribution in [0.25, 0.3) is 0 Å². The maximum Gasteiger partial charge on any atom is 0.0329 e. The largest absolute Gasteiger partial charge is 0.313 e. The van der Waals surface area contributed by atoms with Crippen molar-refractivity contribution in [1.29, 1.82) is 0 Å². The minimum Gasteiger partial charge on any atom is -0.313 e. The zero-order valence-corrected chi connectivity index (χ0v) is 8.15. The van der Waals surface area contributed by atoms with Crippen LogP contribution in [0.4, 0.5) is 0 Å². The van der Waals surface area contributed by atoms with Gasteiger partial charge in [-0.15, -0.1) is 0 Å². The summed E-state index contributed by atoms with van der Waals surface area (Å²) in [6.07, 6.45) is 2.72. The molecule has 0 atom stereocenters. The van der Waals surface area contributed by atoms with Crippen molar-refractivity contribution in [2.75, 3.05) is 20.6 Å². The lowest BCUT2D eigenvalue weighted by molar-refractivity contribution is 0.257. The van der Waals surface area contributed by atoms with Crippen molar-refractivity contribution >= 4 is 0 Å². The van der Waals surface area contributed by atoms with E-state index in [1.807, 2.05) is 0 Å². The first kappa shape index (κ1) is 9.01. The van der Waals surface area contributed by atoms with Crippen LogP contribution >= 0.6 is 0 Å². The van der Waals surface area contributed by atoms with Crippen LogP contribution in [0.1, 0.15) is 26.7 Å². The van der Waals surface area contributed by atoms with Gasteiger partial charge in [0.15, 0.2) is 0 Å². The normalized spacial score (nSPS) is 21.3. The molecule has 1 rings (SSSR count). The summed E-state index contributed by atoms with van der Waals surface area (Å²) in [6, 6.07) is 0.618. The molecule has 1 aliphatic carbocycles. The molecule has 0 bridgehead atoms. The van der Waals surface area contributed by atoms with Crippen molar-refractivity contribution in [2.24, 2.45) is 0 Å². The van der Waals surface area contributed by atoms with Gasteiger partial charge in [-0.3, -0.25) is 0 Å². The molecule has 0 spiro atoms. The first-order chi connectivity index (χ1) is 5.07. The molecule has 0 aliphatic heterocycles. The lowest BCUT2D eigenvalue weighted by atomic mass is 10.2. The van der Waals surface area contributed by atoms with E-state index >= 15 is 0 Å². The highest BCUT2D eigenvalue weighted by atomic mass is 15.2. The summed E-state index contributed by atoms with van der Waals surface area (Å²) >= 11 is 0. The van der Waals surface area contributed by atoms with Gasteiger partial charge >= 0.3 is 0 Å². The molecule has 0 heterocycles. The molecule has 0 aromatic rings. The van der Waals surface area contributed by atoms with Crippen molar-refractivity contribution in [1.82, 2.24) is 10.2 Å². The van der Waals surface area contributed by atoms with E-state index in [1.165, 1.54) is 12.8 Å². The average Bonchev–Trinajstić information content (AvgIpc) is 2.63. The average molecular weight is 156 g/mol. The number of nitrogens with zero attached hydrogens (tertiary/aromatic N) is 1. The Bertz CT molecular complexity index is 126. The van der Waals surface area contributed by atoms with Crippen molar-refractivity contribution in [3.05, 3.63) is 0 Å². The molecule has 11 heavy (non-hydrogen) atoms. The van der Waals surface area contributed by atoms with Gasteiger partial charge in [-0.25, -0.2) is 0 Å². The lowest BCUT2D eigenvalue weighted by Crippen LogP contribution is -2.42. The van der Waals surface area contributed by atoms with Crippen LogP contribution in [0.15, 0.2) is 0 Å². The molecule has 1 saturated carbocycles. The van der Waals surface area contributed by atoms with Gasteiger partial charge in [0.2, 0.25) is 0 Å². The molecule has 66 valence electrons. The standard InChI is InChI=1S/C9H20N2/c1-8(2)10-7-9(5-6-9)11(3)4/h8,10H,5-7H2,1-4H3. The van der Waals surface area contributed by atoms with Crippen LogP contribution in [0, 0.1) is 0 Å². The third-order valence-corrected chi connectivity index (χ3v) is 2.62. The molecule has 0 aromatic carbocycles. The Morgan fingerprint density at radius 3 is 2.18 bits per heavy atom. The molecule has 0 saturated heterocycles. The molecule has 0 amide bonds. The summed E-state index contributed by atoms with van der Waals surface area (Å²) in [4.78, 5) is 2.35. The summed E-state index contributed by atoms with van der Waals surface area (Å²) in [5.74, 6) is 0. The van der Waals surface area contributed by atoms with E-state index in [-0.39, 0.29) is 0 Å². The number of likely N-dealkylation sites (N-methyl/N-ethyl adjacent to an activating group) is 1. The van der Waals surface area contributed by atoms with Crippen molar-refractivity contribution < 1.29 is 0 Å². The van der Waals surface area contributed by atoms with Gasteiger partial charge in [0, 0.05) is 18.1 Å². The highest BCUT2D eigenvalue weighted by Crippen LogP contribution is 2.39. The molecule has 1 fully saturated rings. The van der Waals surface area contributed by atoms with Crippen molar-refractivity contribution in [3.8, 4) is 0 Å². The van der Waals surface area contributed by atoms with Crippen LogP contribution in [0.5, 0.6) is 0 Å². The Morgan fingerprint density at radius 1 is 1.36 bits per heavy atom. The molecule has 0 aromatic heterocycles. The molecule has 0 radical (unpaired) electrons. The third kappa shape index (κ3) is 2.17. The highest BCUT2D eigenvalue weighted by Gasteiger charge is 2.44. The van der Waals surface area contributed by atoms with E-state index in [1.54, 1.807) is 0 Å². The Balaban J connectivity index is 2.25. The SMILES string of the molecule is CC(C)NCC1(N(C)C)CC1. The van der Waals surface area contributed by atoms with Crippen LogP contribution < -0.4 is 5.32 Å². The molecular weight excluding hydrogens is 136 g/mol. The number of rotatable bonds is 4. The third-order valence-electron chi connectivity index (χ3n) is 2.62. The Morgan fingerprint density at radius 2 is 1.91 bits per heavy atom. The molecule has 0 unspecified atom stereocenters. The zero-order valence-electron chi connectivity index (χ0n) is 8.15. The smallest absolute Gasteiger partial charge is 0.0329 e. The van der Waals surface area contributed by atoms with E-state index in [2.05, 4.69) is 38.2 Å². The van der Waals surface area contributed by atoms with Crippen LogP contribution in [0.2, 0.25) is 0 Å². The van der Waals surface area contributed by atoms with Crippen molar-refractivity contribution in [2.45, 2.75) is 38.3 Å².